The monoisotopic (exact) mass is 334 g/mol. The number of carbonyl (C=O) groups is 1. The fraction of sp³-hybridized carbons (Fsp3) is 0.286. The Kier molecular flexibility index (Phi) is 4.53. The molecule has 0 spiro atoms. The van der Waals surface area contributed by atoms with Crippen LogP contribution in [0.15, 0.2) is 54.6 Å². The Morgan fingerprint density at radius 1 is 1.04 bits per heavy atom. The molecule has 2 N–H and O–H groups in total. The van der Waals surface area contributed by atoms with Crippen molar-refractivity contribution in [3.05, 3.63) is 60.3 Å². The summed E-state index contributed by atoms with van der Waals surface area (Å²) in [6.45, 7) is 2.03. The second-order valence-electron chi connectivity index (χ2n) is 6.64. The van der Waals surface area contributed by atoms with Gasteiger partial charge in [-0.25, -0.2) is 0 Å². The van der Waals surface area contributed by atoms with Gasteiger partial charge in [0.25, 0.3) is 0 Å². The summed E-state index contributed by atoms with van der Waals surface area (Å²) in [5.41, 5.74) is 1.61. The summed E-state index contributed by atoms with van der Waals surface area (Å²) < 4.78 is 6.00. The molecule has 4 rings (SSSR count). The van der Waals surface area contributed by atoms with Crippen molar-refractivity contribution >= 4 is 16.7 Å². The van der Waals surface area contributed by atoms with Gasteiger partial charge in [-0.05, 0) is 62.2 Å². The number of hydrogen-bond acceptors (Lipinski definition) is 3. The Morgan fingerprint density at radius 3 is 2.64 bits per heavy atom. The fourth-order valence-electron chi connectivity index (χ4n) is 3.44. The van der Waals surface area contributed by atoms with Gasteiger partial charge in [-0.1, -0.05) is 24.3 Å². The molecule has 2 heterocycles. The highest BCUT2D eigenvalue weighted by Crippen LogP contribution is 2.31. The van der Waals surface area contributed by atoms with Crippen LogP contribution < -0.4 is 10.1 Å². The molecule has 0 amide bonds. The Bertz CT molecular complexity index is 864. The number of carbonyl (C=O) groups excluding carboxylic acids is 1. The van der Waals surface area contributed by atoms with Gasteiger partial charge in [0, 0.05) is 17.3 Å². The molecule has 2 aromatic carbocycles. The molecule has 1 saturated heterocycles. The first-order valence-electron chi connectivity index (χ1n) is 8.88. The maximum atomic E-state index is 12.7. The van der Waals surface area contributed by atoms with E-state index in [9.17, 15) is 4.79 Å². The first kappa shape index (κ1) is 15.9. The summed E-state index contributed by atoms with van der Waals surface area (Å²) in [5, 5.41) is 4.29. The van der Waals surface area contributed by atoms with Gasteiger partial charge in [-0.2, -0.15) is 0 Å². The second kappa shape index (κ2) is 7.11. The minimum Gasteiger partial charge on any atom is -0.457 e. The van der Waals surface area contributed by atoms with Crippen molar-refractivity contribution in [2.75, 3.05) is 13.1 Å². The number of piperidine rings is 1. The van der Waals surface area contributed by atoms with Gasteiger partial charge in [-0.3, -0.25) is 4.79 Å². The molecule has 25 heavy (non-hydrogen) atoms. The topological polar surface area (TPSA) is 54.1 Å². The summed E-state index contributed by atoms with van der Waals surface area (Å²) in [7, 11) is 0. The maximum absolute atomic E-state index is 12.7. The third kappa shape index (κ3) is 3.59. The first-order chi connectivity index (χ1) is 12.3. The standard InChI is InChI=1S/C21H22N2O2/c24-20(13-15-9-11-22-12-10-15)19-14-17-18(23-19)7-4-8-21(17)25-16-5-2-1-3-6-16/h1-8,14-15,22-23H,9-13H2. The molecule has 128 valence electrons. The maximum Gasteiger partial charge on any atom is 0.179 e. The normalized spacial score (nSPS) is 15.4. The minimum absolute atomic E-state index is 0.189. The third-order valence-corrected chi connectivity index (χ3v) is 4.83. The zero-order valence-electron chi connectivity index (χ0n) is 14.1. The SMILES string of the molecule is O=C(CC1CCNCC1)c1cc2c(Oc3ccccc3)cccc2[nH]1. The van der Waals surface area contributed by atoms with E-state index in [0.29, 0.717) is 18.0 Å². The number of aromatic nitrogens is 1. The molecule has 0 unspecified atom stereocenters. The van der Waals surface area contributed by atoms with Crippen LogP contribution in [0.1, 0.15) is 29.8 Å². The number of fused-ring (bicyclic) bond motifs is 1. The second-order valence-corrected chi connectivity index (χ2v) is 6.64. The van der Waals surface area contributed by atoms with Gasteiger partial charge in [0.05, 0.1) is 5.69 Å². The van der Waals surface area contributed by atoms with Gasteiger partial charge in [0.15, 0.2) is 5.78 Å². The fourth-order valence-corrected chi connectivity index (χ4v) is 3.44. The average molecular weight is 334 g/mol. The molecule has 1 fully saturated rings. The van der Waals surface area contributed by atoms with E-state index < -0.39 is 0 Å². The van der Waals surface area contributed by atoms with Crippen molar-refractivity contribution in [2.24, 2.45) is 5.92 Å². The quantitative estimate of drug-likeness (QED) is 0.674. The number of H-pyrrole nitrogens is 1. The van der Waals surface area contributed by atoms with Crippen molar-refractivity contribution in [2.45, 2.75) is 19.3 Å². The highest BCUT2D eigenvalue weighted by Gasteiger charge is 2.19. The van der Waals surface area contributed by atoms with Gasteiger partial charge < -0.3 is 15.0 Å². The van der Waals surface area contributed by atoms with Crippen LogP contribution in [0.25, 0.3) is 10.9 Å². The number of hydrogen-bond donors (Lipinski definition) is 2. The number of benzene rings is 2. The number of nitrogens with one attached hydrogen (secondary N) is 2. The predicted octanol–water partition coefficient (Wildman–Crippen LogP) is 4.53. The van der Waals surface area contributed by atoms with Crippen molar-refractivity contribution < 1.29 is 9.53 Å². The Morgan fingerprint density at radius 2 is 1.84 bits per heavy atom. The van der Waals surface area contributed by atoms with E-state index in [2.05, 4.69) is 10.3 Å². The van der Waals surface area contributed by atoms with Crippen LogP contribution in [-0.2, 0) is 0 Å². The highest BCUT2D eigenvalue weighted by molar-refractivity contribution is 6.01. The van der Waals surface area contributed by atoms with E-state index in [0.717, 1.165) is 48.3 Å². The Labute approximate surface area is 147 Å². The molecule has 0 aliphatic carbocycles. The molecule has 0 bridgehead atoms. The molecule has 4 nitrogen and oxygen atoms in total. The molecule has 0 saturated carbocycles. The number of para-hydroxylation sites is 1. The van der Waals surface area contributed by atoms with E-state index in [1.165, 1.54) is 0 Å². The van der Waals surface area contributed by atoms with Crippen molar-refractivity contribution in [1.29, 1.82) is 0 Å². The van der Waals surface area contributed by atoms with E-state index in [1.54, 1.807) is 0 Å². The summed E-state index contributed by atoms with van der Waals surface area (Å²) in [5.74, 6) is 2.23. The van der Waals surface area contributed by atoms with Gasteiger partial charge in [-0.15, -0.1) is 0 Å². The van der Waals surface area contributed by atoms with E-state index in [4.69, 9.17) is 4.74 Å². The molecular formula is C21H22N2O2. The number of aromatic amines is 1. The van der Waals surface area contributed by atoms with Gasteiger partial charge >= 0.3 is 0 Å². The van der Waals surface area contributed by atoms with Gasteiger partial charge in [0.2, 0.25) is 0 Å². The molecule has 0 atom stereocenters. The van der Waals surface area contributed by atoms with Crippen molar-refractivity contribution in [1.82, 2.24) is 10.3 Å². The van der Waals surface area contributed by atoms with Crippen LogP contribution in [0.4, 0.5) is 0 Å². The van der Waals surface area contributed by atoms with Gasteiger partial charge in [0.1, 0.15) is 11.5 Å². The average Bonchev–Trinajstić information content (AvgIpc) is 3.09. The van der Waals surface area contributed by atoms with Crippen LogP contribution in [-0.4, -0.2) is 23.9 Å². The van der Waals surface area contributed by atoms with E-state index in [1.807, 2.05) is 54.6 Å². The number of Topliss-reactive ketones (excluding diaryl/α,β-unsaturated/α-hetero) is 1. The predicted molar refractivity (Wildman–Crippen MR) is 99.4 cm³/mol. The smallest absolute Gasteiger partial charge is 0.179 e. The zero-order chi connectivity index (χ0) is 17.1. The lowest BCUT2D eigenvalue weighted by Crippen LogP contribution is -2.28. The summed E-state index contributed by atoms with van der Waals surface area (Å²) >= 11 is 0. The lowest BCUT2D eigenvalue weighted by molar-refractivity contribution is 0.0948. The minimum atomic E-state index is 0.189. The Hall–Kier alpha value is -2.59. The summed E-state index contributed by atoms with van der Waals surface area (Å²) in [4.78, 5) is 15.9. The number of rotatable bonds is 5. The third-order valence-electron chi connectivity index (χ3n) is 4.83. The van der Waals surface area contributed by atoms with Crippen LogP contribution in [0.2, 0.25) is 0 Å². The Balaban J connectivity index is 1.57. The van der Waals surface area contributed by atoms with Crippen molar-refractivity contribution in [3.63, 3.8) is 0 Å². The summed E-state index contributed by atoms with van der Waals surface area (Å²) in [6.07, 6.45) is 2.77. The number of ether oxygens (including phenoxy) is 1. The lowest BCUT2D eigenvalue weighted by Gasteiger charge is -2.21. The van der Waals surface area contributed by atoms with Crippen LogP contribution in [0.3, 0.4) is 0 Å². The van der Waals surface area contributed by atoms with Crippen LogP contribution in [0, 0.1) is 5.92 Å². The lowest BCUT2D eigenvalue weighted by atomic mass is 9.92. The summed E-state index contributed by atoms with van der Waals surface area (Å²) in [6, 6.07) is 17.5. The molecule has 1 aliphatic heterocycles. The largest absolute Gasteiger partial charge is 0.457 e. The molecule has 1 aromatic heterocycles. The highest BCUT2D eigenvalue weighted by atomic mass is 16.5. The van der Waals surface area contributed by atoms with E-state index in [-0.39, 0.29) is 5.78 Å². The van der Waals surface area contributed by atoms with E-state index >= 15 is 0 Å². The molecule has 4 heteroatoms. The molecule has 1 aliphatic rings. The molecular weight excluding hydrogens is 312 g/mol. The first-order valence-corrected chi connectivity index (χ1v) is 8.88. The van der Waals surface area contributed by atoms with Crippen molar-refractivity contribution in [3.8, 4) is 11.5 Å². The molecule has 0 radical (unpaired) electrons. The van der Waals surface area contributed by atoms with Crippen LogP contribution >= 0.6 is 0 Å². The number of ketones is 1. The zero-order valence-corrected chi connectivity index (χ0v) is 14.1. The van der Waals surface area contributed by atoms with Crippen LogP contribution in [0.5, 0.6) is 11.5 Å². The molecule has 3 aromatic rings.